The third-order valence-electron chi connectivity index (χ3n) is 1.46. The van der Waals surface area contributed by atoms with Crippen molar-refractivity contribution >= 4 is 11.8 Å². The number of amides is 2. The molecule has 2 rings (SSSR count). The highest BCUT2D eigenvalue weighted by Gasteiger charge is 2.13. The lowest BCUT2D eigenvalue weighted by Crippen LogP contribution is -2.33. The summed E-state index contributed by atoms with van der Waals surface area (Å²) in [6.07, 6.45) is 3.08. The number of aromatic nitrogens is 2. The molecule has 5 nitrogen and oxygen atoms in total. The first-order chi connectivity index (χ1) is 5.36. The van der Waals surface area contributed by atoms with Crippen molar-refractivity contribution in [2.75, 3.05) is 5.32 Å². The molecule has 0 fully saturated rings. The summed E-state index contributed by atoms with van der Waals surface area (Å²) in [4.78, 5) is 18.5. The van der Waals surface area contributed by atoms with Crippen LogP contribution in [-0.4, -0.2) is 16.0 Å². The van der Waals surface area contributed by atoms with Crippen molar-refractivity contribution in [1.82, 2.24) is 15.3 Å². The molecule has 0 saturated heterocycles. The highest BCUT2D eigenvalue weighted by atomic mass is 16.2. The molecule has 1 aliphatic heterocycles. The second-order valence-electron chi connectivity index (χ2n) is 2.20. The number of nitrogens with one attached hydrogen (secondary N) is 2. The van der Waals surface area contributed by atoms with Gasteiger partial charge >= 0.3 is 6.03 Å². The molecule has 5 heteroatoms. The van der Waals surface area contributed by atoms with E-state index in [-0.39, 0.29) is 6.03 Å². The fourth-order valence-corrected chi connectivity index (χ4v) is 0.928. The number of hydrogen-bond acceptors (Lipinski definition) is 3. The highest BCUT2D eigenvalue weighted by molar-refractivity contribution is 5.90. The van der Waals surface area contributed by atoms with Gasteiger partial charge in [-0.25, -0.2) is 14.8 Å². The van der Waals surface area contributed by atoms with Gasteiger partial charge in [-0.15, -0.1) is 0 Å². The first kappa shape index (κ1) is 6.09. The third-order valence-corrected chi connectivity index (χ3v) is 1.46. The Labute approximate surface area is 62.9 Å². The average Bonchev–Trinajstić information content (AvgIpc) is 2.04. The molecule has 2 heterocycles. The number of carbonyl (C=O) groups excluding carboxylic acids is 1. The van der Waals surface area contributed by atoms with E-state index in [1.807, 2.05) is 0 Å². The molecule has 1 aromatic heterocycles. The second-order valence-corrected chi connectivity index (χ2v) is 2.20. The van der Waals surface area contributed by atoms with Gasteiger partial charge in [-0.1, -0.05) is 0 Å². The van der Waals surface area contributed by atoms with Gasteiger partial charge in [0, 0.05) is 18.3 Å². The molecule has 11 heavy (non-hydrogen) atoms. The number of urea groups is 1. The third kappa shape index (κ3) is 1.000. The predicted octanol–water partition coefficient (Wildman–Crippen LogP) is 0.112. The minimum atomic E-state index is -0.212. The first-order valence-electron chi connectivity index (χ1n) is 3.20. The molecule has 1 aliphatic rings. The van der Waals surface area contributed by atoms with E-state index in [1.54, 1.807) is 6.20 Å². The lowest BCUT2D eigenvalue weighted by molar-refractivity contribution is 0.250. The molecule has 0 bridgehead atoms. The molecule has 0 atom stereocenters. The summed E-state index contributed by atoms with van der Waals surface area (Å²) in [5.74, 6) is 0.601. The number of rotatable bonds is 0. The monoisotopic (exact) mass is 150 g/mol. The molecule has 56 valence electrons. The zero-order valence-corrected chi connectivity index (χ0v) is 5.66. The summed E-state index contributed by atoms with van der Waals surface area (Å²) in [6.45, 7) is 0.502. The second kappa shape index (κ2) is 2.19. The van der Waals surface area contributed by atoms with E-state index in [0.717, 1.165) is 5.56 Å². The zero-order valence-electron chi connectivity index (χ0n) is 5.66. The van der Waals surface area contributed by atoms with Gasteiger partial charge in [0.15, 0.2) is 0 Å². The first-order valence-corrected chi connectivity index (χ1v) is 3.20. The van der Waals surface area contributed by atoms with E-state index in [4.69, 9.17) is 0 Å². The largest absolute Gasteiger partial charge is 0.334 e. The average molecular weight is 150 g/mol. The van der Waals surface area contributed by atoms with Gasteiger partial charge < -0.3 is 5.32 Å². The smallest absolute Gasteiger partial charge is 0.320 e. The fraction of sp³-hybridized carbons (Fsp3) is 0.167. The zero-order chi connectivity index (χ0) is 7.68. The lowest BCUT2D eigenvalue weighted by atomic mass is 10.3. The maximum absolute atomic E-state index is 10.7. The minimum Gasteiger partial charge on any atom is -0.334 e. The van der Waals surface area contributed by atoms with Crippen molar-refractivity contribution in [3.05, 3.63) is 18.1 Å². The van der Waals surface area contributed by atoms with Crippen LogP contribution in [-0.2, 0) is 6.54 Å². The maximum Gasteiger partial charge on any atom is 0.320 e. The van der Waals surface area contributed by atoms with Gasteiger partial charge in [0.2, 0.25) is 0 Å². The lowest BCUT2D eigenvalue weighted by Gasteiger charge is -2.15. The van der Waals surface area contributed by atoms with Gasteiger partial charge in [0.25, 0.3) is 0 Å². The van der Waals surface area contributed by atoms with E-state index < -0.39 is 0 Å². The van der Waals surface area contributed by atoms with E-state index >= 15 is 0 Å². The van der Waals surface area contributed by atoms with Crippen LogP contribution in [0.25, 0.3) is 0 Å². The van der Waals surface area contributed by atoms with Crippen LogP contribution in [0.3, 0.4) is 0 Å². The molecule has 2 amide bonds. The number of carbonyl (C=O) groups is 1. The van der Waals surface area contributed by atoms with Gasteiger partial charge in [-0.2, -0.15) is 0 Å². The Balaban J connectivity index is 2.41. The van der Waals surface area contributed by atoms with Crippen molar-refractivity contribution in [2.45, 2.75) is 6.54 Å². The Morgan fingerprint density at radius 3 is 3.36 bits per heavy atom. The van der Waals surface area contributed by atoms with Crippen molar-refractivity contribution in [3.63, 3.8) is 0 Å². The normalized spacial score (nSPS) is 14.7. The van der Waals surface area contributed by atoms with Crippen molar-refractivity contribution in [1.29, 1.82) is 0 Å². The Kier molecular flexibility index (Phi) is 1.21. The van der Waals surface area contributed by atoms with Crippen molar-refractivity contribution in [3.8, 4) is 0 Å². The van der Waals surface area contributed by atoms with Crippen LogP contribution in [0.2, 0.25) is 0 Å². The van der Waals surface area contributed by atoms with Gasteiger partial charge in [-0.05, 0) is 0 Å². The van der Waals surface area contributed by atoms with Gasteiger partial charge in [0.05, 0.1) is 0 Å². The van der Waals surface area contributed by atoms with Crippen LogP contribution >= 0.6 is 0 Å². The van der Waals surface area contributed by atoms with E-state index in [1.165, 1.54) is 6.33 Å². The fourth-order valence-electron chi connectivity index (χ4n) is 0.928. The molecule has 0 aliphatic carbocycles. The van der Waals surface area contributed by atoms with Crippen LogP contribution in [0.1, 0.15) is 5.56 Å². The van der Waals surface area contributed by atoms with Crippen molar-refractivity contribution in [2.24, 2.45) is 0 Å². The summed E-state index contributed by atoms with van der Waals surface area (Å²) < 4.78 is 0. The molecule has 1 aromatic rings. The molecule has 0 radical (unpaired) electrons. The molecule has 2 N–H and O–H groups in total. The number of hydrogen-bond donors (Lipinski definition) is 2. The Morgan fingerprint density at radius 2 is 2.45 bits per heavy atom. The SMILES string of the molecule is O=C1NCc2cncnc2N1. The number of anilines is 1. The molecule has 0 unspecified atom stereocenters. The topological polar surface area (TPSA) is 66.9 Å². The van der Waals surface area contributed by atoms with Crippen LogP contribution < -0.4 is 10.6 Å². The van der Waals surface area contributed by atoms with Crippen LogP contribution in [0.15, 0.2) is 12.5 Å². The summed E-state index contributed by atoms with van der Waals surface area (Å²) in [5, 5.41) is 5.17. The van der Waals surface area contributed by atoms with E-state index in [9.17, 15) is 4.79 Å². The molecular weight excluding hydrogens is 144 g/mol. The van der Waals surface area contributed by atoms with Crippen LogP contribution in [0, 0.1) is 0 Å². The Bertz CT molecular complexity index is 298. The molecule has 0 spiro atoms. The number of nitrogens with zero attached hydrogens (tertiary/aromatic N) is 2. The van der Waals surface area contributed by atoms with Crippen LogP contribution in [0.5, 0.6) is 0 Å². The highest BCUT2D eigenvalue weighted by Crippen LogP contribution is 2.12. The van der Waals surface area contributed by atoms with E-state index in [0.29, 0.717) is 12.4 Å². The molecule has 0 saturated carbocycles. The van der Waals surface area contributed by atoms with Gasteiger partial charge in [0.1, 0.15) is 12.1 Å². The van der Waals surface area contributed by atoms with Crippen molar-refractivity contribution < 1.29 is 4.79 Å². The predicted molar refractivity (Wildman–Crippen MR) is 37.9 cm³/mol. The van der Waals surface area contributed by atoms with E-state index in [2.05, 4.69) is 20.6 Å². The quantitative estimate of drug-likeness (QED) is 0.551. The molecule has 0 aromatic carbocycles. The summed E-state index contributed by atoms with van der Waals surface area (Å²) in [5.41, 5.74) is 0.909. The molecular formula is C6H6N4O. The van der Waals surface area contributed by atoms with Gasteiger partial charge in [-0.3, -0.25) is 5.32 Å². The summed E-state index contributed by atoms with van der Waals surface area (Å²) in [6, 6.07) is -0.212. The Morgan fingerprint density at radius 1 is 1.55 bits per heavy atom. The van der Waals surface area contributed by atoms with Crippen LogP contribution in [0.4, 0.5) is 10.6 Å². The summed E-state index contributed by atoms with van der Waals surface area (Å²) >= 11 is 0. The Hall–Kier alpha value is -1.65. The standard InChI is InChI=1S/C6H6N4O/c11-6-8-2-4-1-7-3-9-5(4)10-6/h1,3H,2H2,(H2,7,8,9,10,11). The number of fused-ring (bicyclic) bond motifs is 1. The minimum absolute atomic E-state index is 0.212. The maximum atomic E-state index is 10.7. The summed E-state index contributed by atoms with van der Waals surface area (Å²) in [7, 11) is 0.